The Morgan fingerprint density at radius 3 is 2.60 bits per heavy atom. The van der Waals surface area contributed by atoms with Crippen LogP contribution in [0.15, 0.2) is 18.2 Å². The van der Waals surface area contributed by atoms with Gasteiger partial charge in [0.1, 0.15) is 12.2 Å². The maximum absolute atomic E-state index is 12.4. The van der Waals surface area contributed by atoms with Gasteiger partial charge in [0.25, 0.3) is 17.5 Å². The van der Waals surface area contributed by atoms with E-state index in [4.69, 9.17) is 4.74 Å². The molecule has 1 saturated carbocycles. The highest BCUT2D eigenvalue weighted by molar-refractivity contribution is 6.23. The molecule has 3 rings (SSSR count). The zero-order chi connectivity index (χ0) is 18.0. The first kappa shape index (κ1) is 17.1. The van der Waals surface area contributed by atoms with Gasteiger partial charge >= 0.3 is 5.97 Å². The molecule has 1 aromatic rings. The van der Waals surface area contributed by atoms with Crippen molar-refractivity contribution < 1.29 is 24.0 Å². The van der Waals surface area contributed by atoms with Gasteiger partial charge in [-0.1, -0.05) is 25.3 Å². The van der Waals surface area contributed by atoms with Crippen LogP contribution in [0.25, 0.3) is 0 Å². The number of hydrogen-bond donors (Lipinski definition) is 0. The van der Waals surface area contributed by atoms with E-state index in [1.807, 2.05) is 0 Å². The molecule has 1 aliphatic carbocycles. The first-order valence-electron chi connectivity index (χ1n) is 8.31. The molecule has 1 aromatic carbocycles. The lowest BCUT2D eigenvalue weighted by atomic mass is 9.89. The summed E-state index contributed by atoms with van der Waals surface area (Å²) in [5.74, 6) is -1.74. The lowest BCUT2D eigenvalue weighted by molar-refractivity contribution is -0.385. The molecule has 1 heterocycles. The maximum Gasteiger partial charge on any atom is 0.308 e. The predicted octanol–water partition coefficient (Wildman–Crippen LogP) is 2.31. The fourth-order valence-electron chi connectivity index (χ4n) is 3.36. The van der Waals surface area contributed by atoms with Gasteiger partial charge in [0, 0.05) is 6.07 Å². The molecular formula is C17H18N2O6. The number of carbonyl (C=O) groups excluding carboxylic acids is 3. The molecule has 0 bridgehead atoms. The van der Waals surface area contributed by atoms with Crippen molar-refractivity contribution in [2.75, 3.05) is 13.2 Å². The van der Waals surface area contributed by atoms with Gasteiger partial charge in [0.05, 0.1) is 22.9 Å². The van der Waals surface area contributed by atoms with E-state index in [1.165, 1.54) is 18.2 Å². The highest BCUT2D eigenvalue weighted by Crippen LogP contribution is 2.30. The third-order valence-electron chi connectivity index (χ3n) is 4.67. The fourth-order valence-corrected chi connectivity index (χ4v) is 3.36. The Balaban J connectivity index is 1.63. The van der Waals surface area contributed by atoms with Crippen LogP contribution in [0.1, 0.15) is 52.8 Å². The summed E-state index contributed by atoms with van der Waals surface area (Å²) in [5, 5.41) is 11.1. The molecule has 0 N–H and O–H groups in total. The molecule has 0 spiro atoms. The van der Waals surface area contributed by atoms with E-state index in [0.29, 0.717) is 0 Å². The van der Waals surface area contributed by atoms with Gasteiger partial charge in [0.15, 0.2) is 0 Å². The Morgan fingerprint density at radius 2 is 1.92 bits per heavy atom. The van der Waals surface area contributed by atoms with Gasteiger partial charge in [-0.3, -0.25) is 29.4 Å². The number of carbonyl (C=O) groups is 3. The van der Waals surface area contributed by atoms with E-state index in [9.17, 15) is 24.5 Å². The molecule has 1 aliphatic heterocycles. The van der Waals surface area contributed by atoms with Gasteiger partial charge < -0.3 is 4.74 Å². The molecule has 2 aliphatic rings. The quantitative estimate of drug-likeness (QED) is 0.350. The summed E-state index contributed by atoms with van der Waals surface area (Å²) in [4.78, 5) is 47.9. The lowest BCUT2D eigenvalue weighted by Gasteiger charge is -2.20. The molecule has 0 atom stereocenters. The predicted molar refractivity (Wildman–Crippen MR) is 86.0 cm³/mol. The number of ether oxygens (including phenoxy) is 1. The second-order valence-corrected chi connectivity index (χ2v) is 6.22. The minimum Gasteiger partial charge on any atom is -0.464 e. The van der Waals surface area contributed by atoms with Crippen LogP contribution < -0.4 is 0 Å². The standard InChI is InChI=1S/C17H18N2O6/c20-15-12-7-4-8-13(19(23)24)14(12)16(21)18(15)9-10-25-17(22)11-5-2-1-3-6-11/h4,7-8,11H,1-3,5-6,9-10H2. The van der Waals surface area contributed by atoms with Crippen LogP contribution in [0, 0.1) is 16.0 Å². The van der Waals surface area contributed by atoms with Gasteiger partial charge in [-0.2, -0.15) is 0 Å². The molecule has 0 radical (unpaired) electrons. The van der Waals surface area contributed by atoms with Crippen LogP contribution in [0.3, 0.4) is 0 Å². The molecule has 8 nitrogen and oxygen atoms in total. The molecule has 2 amide bonds. The van der Waals surface area contributed by atoms with Crippen LogP contribution in [0.5, 0.6) is 0 Å². The topological polar surface area (TPSA) is 107 Å². The minimum absolute atomic E-state index is 0.0119. The average molecular weight is 346 g/mol. The summed E-state index contributed by atoms with van der Waals surface area (Å²) in [6.07, 6.45) is 4.73. The van der Waals surface area contributed by atoms with Crippen LogP contribution in [0.2, 0.25) is 0 Å². The van der Waals surface area contributed by atoms with Crippen LogP contribution in [0.4, 0.5) is 5.69 Å². The summed E-state index contributed by atoms with van der Waals surface area (Å²) in [6, 6.07) is 3.95. The second kappa shape index (κ2) is 7.00. The highest BCUT2D eigenvalue weighted by Gasteiger charge is 2.40. The molecule has 1 fully saturated rings. The van der Waals surface area contributed by atoms with Gasteiger partial charge in [-0.05, 0) is 18.9 Å². The van der Waals surface area contributed by atoms with Crippen LogP contribution in [-0.2, 0) is 9.53 Å². The van der Waals surface area contributed by atoms with Crippen molar-refractivity contribution in [3.63, 3.8) is 0 Å². The van der Waals surface area contributed by atoms with E-state index in [1.54, 1.807) is 0 Å². The Kier molecular flexibility index (Phi) is 4.78. The van der Waals surface area contributed by atoms with Crippen molar-refractivity contribution in [1.29, 1.82) is 0 Å². The summed E-state index contributed by atoms with van der Waals surface area (Å²) in [5.41, 5.74) is -0.577. The van der Waals surface area contributed by atoms with E-state index < -0.39 is 22.4 Å². The van der Waals surface area contributed by atoms with Crippen LogP contribution >= 0.6 is 0 Å². The van der Waals surface area contributed by atoms with Crippen molar-refractivity contribution in [2.45, 2.75) is 32.1 Å². The molecule has 0 unspecified atom stereocenters. The van der Waals surface area contributed by atoms with E-state index in [2.05, 4.69) is 0 Å². The summed E-state index contributed by atoms with van der Waals surface area (Å²) >= 11 is 0. The molecule has 8 heteroatoms. The number of nitro groups is 1. The number of amides is 2. The van der Waals surface area contributed by atoms with E-state index in [-0.39, 0.29) is 36.2 Å². The largest absolute Gasteiger partial charge is 0.464 e. The zero-order valence-electron chi connectivity index (χ0n) is 13.6. The van der Waals surface area contributed by atoms with Crippen LogP contribution in [-0.4, -0.2) is 40.8 Å². The number of nitro benzene ring substituents is 1. The zero-order valence-corrected chi connectivity index (χ0v) is 13.6. The Hall–Kier alpha value is -2.77. The Bertz CT molecular complexity index is 739. The van der Waals surface area contributed by atoms with Gasteiger partial charge in [-0.15, -0.1) is 0 Å². The summed E-state index contributed by atoms with van der Waals surface area (Å²) < 4.78 is 5.20. The Morgan fingerprint density at radius 1 is 1.20 bits per heavy atom. The number of esters is 1. The maximum atomic E-state index is 12.4. The number of imide groups is 1. The molecular weight excluding hydrogens is 328 g/mol. The SMILES string of the molecule is O=C(OCCN1C(=O)c2cccc([N+](=O)[O-])c2C1=O)C1CCCCC1. The molecule has 0 aromatic heterocycles. The smallest absolute Gasteiger partial charge is 0.308 e. The van der Waals surface area contributed by atoms with Crippen molar-refractivity contribution in [3.8, 4) is 0 Å². The van der Waals surface area contributed by atoms with Crippen molar-refractivity contribution in [3.05, 3.63) is 39.4 Å². The number of fused-ring (bicyclic) bond motifs is 1. The van der Waals surface area contributed by atoms with Crippen molar-refractivity contribution in [1.82, 2.24) is 4.90 Å². The number of benzene rings is 1. The minimum atomic E-state index is -0.721. The lowest BCUT2D eigenvalue weighted by Crippen LogP contribution is -2.34. The van der Waals surface area contributed by atoms with Gasteiger partial charge in [-0.25, -0.2) is 0 Å². The molecule has 0 saturated heterocycles. The summed E-state index contributed by atoms with van der Waals surface area (Å²) in [6.45, 7) is -0.212. The molecule has 25 heavy (non-hydrogen) atoms. The highest BCUT2D eigenvalue weighted by atomic mass is 16.6. The third kappa shape index (κ3) is 3.24. The first-order valence-corrected chi connectivity index (χ1v) is 8.31. The normalized spacial score (nSPS) is 17.5. The van der Waals surface area contributed by atoms with Crippen molar-refractivity contribution in [2.24, 2.45) is 5.92 Å². The number of hydrogen-bond acceptors (Lipinski definition) is 6. The Labute approximate surface area is 143 Å². The monoisotopic (exact) mass is 346 g/mol. The fraction of sp³-hybridized carbons (Fsp3) is 0.471. The molecule has 132 valence electrons. The van der Waals surface area contributed by atoms with Crippen molar-refractivity contribution >= 4 is 23.5 Å². The number of rotatable bonds is 5. The first-order chi connectivity index (χ1) is 12.0. The summed E-state index contributed by atoms with van der Waals surface area (Å²) in [7, 11) is 0. The second-order valence-electron chi connectivity index (χ2n) is 6.22. The average Bonchev–Trinajstić information content (AvgIpc) is 2.87. The van der Waals surface area contributed by atoms with Gasteiger partial charge in [0.2, 0.25) is 0 Å². The third-order valence-corrected chi connectivity index (χ3v) is 4.67. The van der Waals surface area contributed by atoms with E-state index in [0.717, 1.165) is 37.0 Å². The number of nitrogens with zero attached hydrogens (tertiary/aromatic N) is 2. The van der Waals surface area contributed by atoms with E-state index >= 15 is 0 Å².